The van der Waals surface area contributed by atoms with Gasteiger partial charge in [0.05, 0.1) is 16.9 Å². The molecule has 0 radical (unpaired) electrons. The van der Waals surface area contributed by atoms with E-state index in [1.165, 1.54) is 37.1 Å². The van der Waals surface area contributed by atoms with Crippen molar-refractivity contribution in [3.05, 3.63) is 60.1 Å². The third kappa shape index (κ3) is 5.78. The number of benzene rings is 1. The fourth-order valence-electron chi connectivity index (χ4n) is 7.24. The average molecular weight is 629 g/mol. The van der Waals surface area contributed by atoms with Crippen LogP contribution < -0.4 is 14.7 Å². The highest BCUT2D eigenvalue weighted by atomic mass is 19.4. The molecule has 0 aliphatic carbocycles. The molecule has 6 rings (SSSR count). The Morgan fingerprint density at radius 2 is 1.82 bits per heavy atom. The first-order valence-corrected chi connectivity index (χ1v) is 15.2. The molecule has 13 heteroatoms. The van der Waals surface area contributed by atoms with Gasteiger partial charge in [0.25, 0.3) is 0 Å². The van der Waals surface area contributed by atoms with E-state index >= 15 is 4.39 Å². The lowest BCUT2D eigenvalue weighted by atomic mass is 9.91. The van der Waals surface area contributed by atoms with Crippen LogP contribution in [0.25, 0.3) is 0 Å². The van der Waals surface area contributed by atoms with Crippen molar-refractivity contribution in [3.63, 3.8) is 0 Å². The molecule has 2 atom stereocenters. The highest BCUT2D eigenvalue weighted by Gasteiger charge is 2.50. The van der Waals surface area contributed by atoms with Gasteiger partial charge < -0.3 is 14.7 Å². The van der Waals surface area contributed by atoms with Crippen molar-refractivity contribution >= 4 is 34.9 Å². The Morgan fingerprint density at radius 3 is 2.49 bits per heavy atom. The molecule has 2 aromatic rings. The molecule has 0 bridgehead atoms. The van der Waals surface area contributed by atoms with E-state index in [4.69, 9.17) is 0 Å². The average Bonchev–Trinajstić information content (AvgIpc) is 3.29. The van der Waals surface area contributed by atoms with E-state index in [0.29, 0.717) is 31.4 Å². The van der Waals surface area contributed by atoms with Crippen molar-refractivity contribution in [2.45, 2.75) is 44.4 Å². The van der Waals surface area contributed by atoms with Crippen molar-refractivity contribution in [3.8, 4) is 0 Å². The number of nitrogens with zero attached hydrogens (tertiary/aromatic N) is 6. The first-order chi connectivity index (χ1) is 21.3. The SMILES string of the molecule is C=CC(=O)N1CC(N2CCC(CN3C[C@H]4CC(=O)N(c5cc(C(F)(F)F)cc(C)n5)[C@@H]4C(=O)N(C)c4cccc(F)c43)CC2)C1. The molecule has 3 fully saturated rings. The number of fused-ring (bicyclic) bond motifs is 2. The van der Waals surface area contributed by atoms with E-state index in [0.717, 1.165) is 43.0 Å². The summed E-state index contributed by atoms with van der Waals surface area (Å²) in [7, 11) is 1.50. The second kappa shape index (κ2) is 11.7. The van der Waals surface area contributed by atoms with Crippen LogP contribution >= 0.6 is 0 Å². The number of carbonyl (C=O) groups excluding carboxylic acids is 3. The molecule has 3 amide bonds. The fourth-order valence-corrected chi connectivity index (χ4v) is 7.24. The fraction of sp³-hybridized carbons (Fsp3) is 0.500. The number of halogens is 4. The Bertz CT molecular complexity index is 1520. The van der Waals surface area contributed by atoms with E-state index in [9.17, 15) is 27.6 Å². The lowest BCUT2D eigenvalue weighted by Gasteiger charge is -2.48. The zero-order valence-electron chi connectivity index (χ0n) is 25.3. The summed E-state index contributed by atoms with van der Waals surface area (Å²) in [5.41, 5.74) is -0.254. The van der Waals surface area contributed by atoms with Gasteiger partial charge in [-0.1, -0.05) is 12.6 Å². The molecule has 0 unspecified atom stereocenters. The molecule has 0 spiro atoms. The molecule has 0 N–H and O–H groups in total. The Hall–Kier alpha value is -4.00. The molecule has 3 saturated heterocycles. The number of pyridine rings is 1. The Labute approximate surface area is 259 Å². The maximum absolute atomic E-state index is 15.6. The predicted octanol–water partition coefficient (Wildman–Crippen LogP) is 3.86. The minimum Gasteiger partial charge on any atom is -0.367 e. The summed E-state index contributed by atoms with van der Waals surface area (Å²) < 4.78 is 56.6. The van der Waals surface area contributed by atoms with Gasteiger partial charge in [0.2, 0.25) is 17.7 Å². The number of piperidine rings is 1. The van der Waals surface area contributed by atoms with Crippen LogP contribution in [0.4, 0.5) is 34.8 Å². The van der Waals surface area contributed by atoms with E-state index in [1.54, 1.807) is 11.0 Å². The van der Waals surface area contributed by atoms with Crippen LogP contribution in [-0.4, -0.2) is 90.9 Å². The van der Waals surface area contributed by atoms with Crippen LogP contribution in [0, 0.1) is 24.6 Å². The monoisotopic (exact) mass is 628 g/mol. The number of aromatic nitrogens is 1. The lowest BCUT2D eigenvalue weighted by molar-refractivity contribution is -0.137. The number of likely N-dealkylation sites (tertiary alicyclic amines) is 2. The zero-order valence-corrected chi connectivity index (χ0v) is 25.3. The molecule has 5 heterocycles. The third-order valence-electron chi connectivity index (χ3n) is 9.62. The van der Waals surface area contributed by atoms with Crippen molar-refractivity contribution in [1.29, 1.82) is 0 Å². The van der Waals surface area contributed by atoms with Crippen LogP contribution in [0.2, 0.25) is 0 Å². The van der Waals surface area contributed by atoms with Gasteiger partial charge in [-0.25, -0.2) is 9.37 Å². The number of aryl methyl sites for hydroxylation is 1. The molecular formula is C32H36F4N6O3. The van der Waals surface area contributed by atoms with Gasteiger partial charge in [-0.05, 0) is 69.1 Å². The number of hydrogen-bond acceptors (Lipinski definition) is 6. The number of carbonyl (C=O) groups is 3. The first-order valence-electron chi connectivity index (χ1n) is 15.2. The molecule has 4 aliphatic rings. The van der Waals surface area contributed by atoms with Gasteiger partial charge in [0.1, 0.15) is 17.7 Å². The summed E-state index contributed by atoms with van der Waals surface area (Å²) in [6, 6.07) is 5.43. The normalized spacial score (nSPS) is 23.4. The number of alkyl halides is 3. The largest absolute Gasteiger partial charge is 0.416 e. The van der Waals surface area contributed by atoms with Crippen LogP contribution in [0.5, 0.6) is 0 Å². The summed E-state index contributed by atoms with van der Waals surface area (Å²) in [5, 5.41) is 0. The standard InChI is InChI=1S/C32H36F4N6O3/c1-4-27(43)40-17-23(18-40)39-10-8-20(9-11-39)15-41-16-21-13-28(44)42(26-14-22(32(34,35)36)12-19(2)37-26)29(21)31(45)38(3)25-7-5-6-24(33)30(25)41/h4-7,12,14,20-21,23,29H,1,8-11,13,15-18H2,2-3H3/t21-,29+/m1/s1. The second-order valence-corrected chi connectivity index (χ2v) is 12.5. The van der Waals surface area contributed by atoms with Crippen molar-refractivity contribution in [2.24, 2.45) is 11.8 Å². The number of anilines is 3. The van der Waals surface area contributed by atoms with Crippen LogP contribution in [0.3, 0.4) is 0 Å². The van der Waals surface area contributed by atoms with Crippen molar-refractivity contribution < 1.29 is 31.9 Å². The van der Waals surface area contributed by atoms with Gasteiger partial charge >= 0.3 is 6.18 Å². The summed E-state index contributed by atoms with van der Waals surface area (Å²) in [4.78, 5) is 52.0. The van der Waals surface area contributed by atoms with E-state index < -0.39 is 41.3 Å². The molecule has 4 aliphatic heterocycles. The maximum atomic E-state index is 15.6. The smallest absolute Gasteiger partial charge is 0.367 e. The van der Waals surface area contributed by atoms with Gasteiger partial charge in [-0.2, -0.15) is 13.2 Å². The highest BCUT2D eigenvalue weighted by Crippen LogP contribution is 2.42. The summed E-state index contributed by atoms with van der Waals surface area (Å²) in [5.74, 6) is -2.16. The highest BCUT2D eigenvalue weighted by molar-refractivity contribution is 6.10. The number of rotatable bonds is 5. The quantitative estimate of drug-likeness (QED) is 0.370. The van der Waals surface area contributed by atoms with Crippen LogP contribution in [0.15, 0.2) is 43.0 Å². The molecule has 240 valence electrons. The predicted molar refractivity (Wildman–Crippen MR) is 160 cm³/mol. The van der Waals surface area contributed by atoms with Crippen LogP contribution in [0.1, 0.15) is 30.5 Å². The molecule has 1 aromatic heterocycles. The maximum Gasteiger partial charge on any atom is 0.416 e. The van der Waals surface area contributed by atoms with Crippen molar-refractivity contribution in [2.75, 3.05) is 61.0 Å². The number of amides is 3. The molecule has 1 aromatic carbocycles. The number of para-hydroxylation sites is 1. The molecule has 45 heavy (non-hydrogen) atoms. The molecular weight excluding hydrogens is 592 g/mol. The second-order valence-electron chi connectivity index (χ2n) is 12.5. The Kier molecular flexibility index (Phi) is 8.09. The Morgan fingerprint density at radius 1 is 1.11 bits per heavy atom. The van der Waals surface area contributed by atoms with Gasteiger partial charge in [0, 0.05) is 57.3 Å². The van der Waals surface area contributed by atoms with Gasteiger partial charge in [0.15, 0.2) is 0 Å². The van der Waals surface area contributed by atoms with E-state index in [-0.39, 0.29) is 42.0 Å². The summed E-state index contributed by atoms with van der Waals surface area (Å²) in [6.07, 6.45) is -1.70. The minimum absolute atomic E-state index is 0.0661. The minimum atomic E-state index is -4.66. The number of likely N-dealkylation sites (N-methyl/N-ethyl adjacent to an activating group) is 1. The lowest BCUT2D eigenvalue weighted by Crippen LogP contribution is -2.62. The number of hydrogen-bond donors (Lipinski definition) is 0. The zero-order chi connectivity index (χ0) is 32.2. The first kappa shape index (κ1) is 31.0. The molecule has 0 saturated carbocycles. The van der Waals surface area contributed by atoms with Gasteiger partial charge in [-0.15, -0.1) is 0 Å². The Balaban J connectivity index is 1.26. The van der Waals surface area contributed by atoms with Crippen molar-refractivity contribution in [1.82, 2.24) is 14.8 Å². The molecule has 9 nitrogen and oxygen atoms in total. The van der Waals surface area contributed by atoms with Crippen LogP contribution in [-0.2, 0) is 20.6 Å². The summed E-state index contributed by atoms with van der Waals surface area (Å²) in [6.45, 7) is 8.65. The van der Waals surface area contributed by atoms with Gasteiger partial charge in [-0.3, -0.25) is 24.2 Å². The van der Waals surface area contributed by atoms with E-state index in [2.05, 4.69) is 16.5 Å². The summed E-state index contributed by atoms with van der Waals surface area (Å²) >= 11 is 0. The third-order valence-corrected chi connectivity index (χ3v) is 9.62. The topological polar surface area (TPSA) is 80.3 Å². The van der Waals surface area contributed by atoms with E-state index in [1.807, 2.05) is 4.90 Å².